The van der Waals surface area contributed by atoms with Crippen LogP contribution in [0.5, 0.6) is 0 Å². The van der Waals surface area contributed by atoms with Crippen molar-refractivity contribution >= 4 is 54.8 Å². The predicted octanol–water partition coefficient (Wildman–Crippen LogP) is 4.10. The second-order valence-electron chi connectivity index (χ2n) is 2.47. The second kappa shape index (κ2) is 7.60. The highest BCUT2D eigenvalue weighted by molar-refractivity contribution is 8.89. The standard InChI is InChI=1S/C6H4F6O2S4/c7-5(8,9)1-13-3(15)17-18-4(16)14-2-6(10,11)12/h1-2H2. The molecule has 0 radical (unpaired) electrons. The zero-order chi connectivity index (χ0) is 14.4. The number of alkyl halides is 6. The third kappa shape index (κ3) is 12.5. The Balaban J connectivity index is 3.76. The maximum Gasteiger partial charge on any atom is 0.422 e. The number of hydrogen-bond donors (Lipinski definition) is 0. The molecule has 0 saturated heterocycles. The zero-order valence-electron chi connectivity index (χ0n) is 8.13. The van der Waals surface area contributed by atoms with Gasteiger partial charge in [-0.1, -0.05) is 0 Å². The van der Waals surface area contributed by atoms with Crippen LogP contribution in [0.3, 0.4) is 0 Å². The van der Waals surface area contributed by atoms with Gasteiger partial charge in [-0.25, -0.2) is 0 Å². The van der Waals surface area contributed by atoms with Gasteiger partial charge in [0, 0.05) is 21.6 Å². The molecule has 0 unspecified atom stereocenters. The maximum absolute atomic E-state index is 11.7. The molecule has 0 heterocycles. The van der Waals surface area contributed by atoms with Gasteiger partial charge in [-0.15, -0.1) is 0 Å². The Morgan fingerprint density at radius 3 is 1.28 bits per heavy atom. The summed E-state index contributed by atoms with van der Waals surface area (Å²) in [5.74, 6) is 0. The van der Waals surface area contributed by atoms with Gasteiger partial charge in [0.05, 0.1) is 0 Å². The van der Waals surface area contributed by atoms with Crippen LogP contribution < -0.4 is 0 Å². The summed E-state index contributed by atoms with van der Waals surface area (Å²) in [5.41, 5.74) is 0. The fourth-order valence-electron chi connectivity index (χ4n) is 0.398. The van der Waals surface area contributed by atoms with Gasteiger partial charge in [0.2, 0.25) is 8.77 Å². The summed E-state index contributed by atoms with van der Waals surface area (Å²) in [6.45, 7) is -3.15. The monoisotopic (exact) mass is 350 g/mol. The normalized spacial score (nSPS) is 12.1. The molecule has 0 aliphatic rings. The number of thiocarbonyl (C=S) groups is 2. The Morgan fingerprint density at radius 1 is 0.778 bits per heavy atom. The molecule has 0 aliphatic heterocycles. The Labute approximate surface area is 116 Å². The lowest BCUT2D eigenvalue weighted by Gasteiger charge is -2.10. The van der Waals surface area contributed by atoms with E-state index in [1.807, 2.05) is 0 Å². The summed E-state index contributed by atoms with van der Waals surface area (Å²) in [7, 11) is 0.936. The molecule has 0 bridgehead atoms. The predicted molar refractivity (Wildman–Crippen MR) is 64.4 cm³/mol. The van der Waals surface area contributed by atoms with Crippen LogP contribution in [0.25, 0.3) is 0 Å². The van der Waals surface area contributed by atoms with Crippen LogP contribution in [0.2, 0.25) is 0 Å². The Kier molecular flexibility index (Phi) is 7.63. The first-order chi connectivity index (χ1) is 7.99. The average Bonchev–Trinajstić information content (AvgIpc) is 2.18. The first-order valence-corrected chi connectivity index (χ1v) is 6.78. The van der Waals surface area contributed by atoms with E-state index in [2.05, 4.69) is 33.9 Å². The highest BCUT2D eigenvalue weighted by Crippen LogP contribution is 2.28. The van der Waals surface area contributed by atoms with E-state index >= 15 is 0 Å². The summed E-state index contributed by atoms with van der Waals surface area (Å²) in [4.78, 5) is 0. The average molecular weight is 350 g/mol. The van der Waals surface area contributed by atoms with E-state index in [9.17, 15) is 26.3 Å². The molecule has 0 aromatic rings. The summed E-state index contributed by atoms with van der Waals surface area (Å²) in [5, 5.41) is 0. The van der Waals surface area contributed by atoms with Gasteiger partial charge in [-0.05, 0) is 24.4 Å². The minimum atomic E-state index is -4.54. The van der Waals surface area contributed by atoms with E-state index in [4.69, 9.17) is 0 Å². The number of hydrogen-bond acceptors (Lipinski definition) is 6. The Hall–Kier alpha value is 0.0600. The van der Waals surface area contributed by atoms with Crippen molar-refractivity contribution in [2.45, 2.75) is 12.4 Å². The molecule has 0 amide bonds. The van der Waals surface area contributed by atoms with Crippen LogP contribution in [-0.4, -0.2) is 34.3 Å². The van der Waals surface area contributed by atoms with E-state index in [1.54, 1.807) is 0 Å². The fourth-order valence-corrected chi connectivity index (χ4v) is 2.17. The molecule has 0 fully saturated rings. The molecule has 0 spiro atoms. The summed E-state index contributed by atoms with van der Waals surface area (Å²) >= 11 is 8.76. The van der Waals surface area contributed by atoms with Crippen molar-refractivity contribution in [3.63, 3.8) is 0 Å². The molecule has 18 heavy (non-hydrogen) atoms. The lowest BCUT2D eigenvalue weighted by molar-refractivity contribution is -0.155. The van der Waals surface area contributed by atoms with Gasteiger partial charge in [0.15, 0.2) is 13.2 Å². The quantitative estimate of drug-likeness (QED) is 0.421. The Morgan fingerprint density at radius 2 is 1.06 bits per heavy atom. The maximum atomic E-state index is 11.7. The third-order valence-corrected chi connectivity index (χ3v) is 4.00. The van der Waals surface area contributed by atoms with Crippen molar-refractivity contribution in [1.29, 1.82) is 0 Å². The van der Waals surface area contributed by atoms with Crippen molar-refractivity contribution in [1.82, 2.24) is 0 Å². The minimum absolute atomic E-state index is 0.468. The van der Waals surface area contributed by atoms with Crippen LogP contribution >= 0.6 is 46.0 Å². The van der Waals surface area contributed by atoms with Crippen LogP contribution in [0.15, 0.2) is 0 Å². The second-order valence-corrected chi connectivity index (χ2v) is 5.81. The zero-order valence-corrected chi connectivity index (χ0v) is 11.4. The molecule has 0 N–H and O–H groups in total. The largest absolute Gasteiger partial charge is 0.468 e. The van der Waals surface area contributed by atoms with Crippen molar-refractivity contribution in [2.24, 2.45) is 0 Å². The van der Waals surface area contributed by atoms with Crippen molar-refractivity contribution < 1.29 is 35.8 Å². The molecule has 2 nitrogen and oxygen atoms in total. The van der Waals surface area contributed by atoms with Gasteiger partial charge >= 0.3 is 12.4 Å². The van der Waals surface area contributed by atoms with Gasteiger partial charge in [-0.2, -0.15) is 26.3 Å². The fraction of sp³-hybridized carbons (Fsp3) is 0.667. The summed E-state index contributed by atoms with van der Waals surface area (Å²) in [6, 6.07) is 0. The summed E-state index contributed by atoms with van der Waals surface area (Å²) < 4.78 is 77.4. The van der Waals surface area contributed by atoms with E-state index in [0.29, 0.717) is 21.6 Å². The SMILES string of the molecule is FC(F)(F)COC(=S)SSC(=S)OCC(F)(F)F. The number of halogens is 6. The number of ether oxygens (including phenoxy) is 2. The van der Waals surface area contributed by atoms with E-state index in [0.717, 1.165) is 0 Å². The molecule has 0 atom stereocenters. The Bertz CT molecular complexity index is 271. The highest BCUT2D eigenvalue weighted by Gasteiger charge is 2.30. The molecule has 0 aromatic heterocycles. The molecule has 0 rings (SSSR count). The smallest absolute Gasteiger partial charge is 0.422 e. The topological polar surface area (TPSA) is 18.5 Å². The first kappa shape index (κ1) is 18.1. The van der Waals surface area contributed by atoms with E-state index in [1.165, 1.54) is 0 Å². The van der Waals surface area contributed by atoms with Crippen LogP contribution in [0.1, 0.15) is 0 Å². The highest BCUT2D eigenvalue weighted by atomic mass is 33.1. The van der Waals surface area contributed by atoms with Gasteiger partial charge in [0.1, 0.15) is 0 Å². The molecule has 12 heteroatoms. The van der Waals surface area contributed by atoms with Crippen LogP contribution in [0, 0.1) is 0 Å². The molecule has 0 aliphatic carbocycles. The summed E-state index contributed by atoms with van der Waals surface area (Å²) in [6.07, 6.45) is -9.08. The van der Waals surface area contributed by atoms with E-state index < -0.39 is 34.3 Å². The van der Waals surface area contributed by atoms with Crippen molar-refractivity contribution in [3.05, 3.63) is 0 Å². The molecule has 0 aromatic carbocycles. The molecule has 106 valence electrons. The molecule has 0 saturated carbocycles. The molecular weight excluding hydrogens is 346 g/mol. The van der Waals surface area contributed by atoms with Gasteiger partial charge in [0.25, 0.3) is 0 Å². The van der Waals surface area contributed by atoms with Crippen LogP contribution in [0.4, 0.5) is 26.3 Å². The van der Waals surface area contributed by atoms with E-state index in [-0.39, 0.29) is 0 Å². The number of rotatable bonds is 2. The van der Waals surface area contributed by atoms with Crippen molar-refractivity contribution in [2.75, 3.05) is 13.2 Å². The van der Waals surface area contributed by atoms with Gasteiger partial charge < -0.3 is 9.47 Å². The third-order valence-electron chi connectivity index (χ3n) is 0.885. The van der Waals surface area contributed by atoms with Crippen LogP contribution in [-0.2, 0) is 9.47 Å². The van der Waals surface area contributed by atoms with Gasteiger partial charge in [-0.3, -0.25) is 0 Å². The minimum Gasteiger partial charge on any atom is -0.468 e. The van der Waals surface area contributed by atoms with Crippen molar-refractivity contribution in [3.8, 4) is 0 Å². The lowest BCUT2D eigenvalue weighted by Crippen LogP contribution is -2.19. The lowest BCUT2D eigenvalue weighted by atomic mass is 10.7. The first-order valence-electron chi connectivity index (χ1n) is 3.81. The molecular formula is C6H4F6O2S4.